The van der Waals surface area contributed by atoms with E-state index in [0.29, 0.717) is 13.2 Å². The first-order valence-corrected chi connectivity index (χ1v) is 7.04. The summed E-state index contributed by atoms with van der Waals surface area (Å²) >= 11 is 0. The summed E-state index contributed by atoms with van der Waals surface area (Å²) in [5.74, 6) is 0. The average molecular weight is 285 g/mol. The predicted octanol–water partition coefficient (Wildman–Crippen LogP) is 3.52. The fraction of sp³-hybridized carbons (Fsp3) is 1.00. The van der Waals surface area contributed by atoms with E-state index in [0.717, 1.165) is 38.5 Å². The Morgan fingerprint density at radius 1 is 1.05 bits per heavy atom. The molecule has 0 aliphatic rings. The third-order valence-corrected chi connectivity index (χ3v) is 2.79. The van der Waals surface area contributed by atoms with Gasteiger partial charge in [-0.05, 0) is 12.8 Å². The van der Waals surface area contributed by atoms with Crippen molar-refractivity contribution in [3.63, 3.8) is 0 Å². The molecular formula is C13H26F3NO2. The number of hydrogen-bond acceptors (Lipinski definition) is 3. The number of halogens is 3. The molecule has 6 heteroatoms. The molecule has 0 rings (SSSR count). The van der Waals surface area contributed by atoms with Gasteiger partial charge in [-0.3, -0.25) is 4.84 Å². The van der Waals surface area contributed by atoms with Crippen molar-refractivity contribution in [1.82, 2.24) is 5.06 Å². The molecule has 1 N–H and O–H groups in total. The molecule has 0 saturated carbocycles. The number of rotatable bonds is 11. The van der Waals surface area contributed by atoms with Gasteiger partial charge < -0.3 is 5.11 Å². The Morgan fingerprint density at radius 3 is 2.16 bits per heavy atom. The maximum absolute atomic E-state index is 12.3. The molecule has 1 unspecified atom stereocenters. The van der Waals surface area contributed by atoms with Gasteiger partial charge >= 0.3 is 6.18 Å². The lowest BCUT2D eigenvalue weighted by atomic mass is 10.2. The van der Waals surface area contributed by atoms with Crippen molar-refractivity contribution in [1.29, 1.82) is 0 Å². The van der Waals surface area contributed by atoms with E-state index in [1.165, 1.54) is 5.06 Å². The van der Waals surface area contributed by atoms with Crippen molar-refractivity contribution < 1.29 is 23.1 Å². The molecule has 0 amide bonds. The lowest BCUT2D eigenvalue weighted by Gasteiger charge is -2.25. The molecule has 0 heterocycles. The highest BCUT2D eigenvalue weighted by Crippen LogP contribution is 2.21. The summed E-state index contributed by atoms with van der Waals surface area (Å²) in [5.41, 5.74) is 0. The van der Waals surface area contributed by atoms with Crippen molar-refractivity contribution in [2.24, 2.45) is 0 Å². The minimum absolute atomic E-state index is 0.407. The molecule has 0 aromatic rings. The molecule has 0 spiro atoms. The highest BCUT2D eigenvalue weighted by atomic mass is 19.4. The zero-order valence-electron chi connectivity index (χ0n) is 11.9. The van der Waals surface area contributed by atoms with Crippen molar-refractivity contribution in [2.45, 2.75) is 64.7 Å². The normalized spacial score (nSPS) is 14.1. The van der Waals surface area contributed by atoms with Crippen LogP contribution in [-0.4, -0.2) is 42.1 Å². The van der Waals surface area contributed by atoms with Crippen molar-refractivity contribution in [2.75, 3.05) is 19.7 Å². The summed E-state index contributed by atoms with van der Waals surface area (Å²) in [5, 5.41) is 10.3. The highest BCUT2D eigenvalue weighted by molar-refractivity contribution is 4.67. The van der Waals surface area contributed by atoms with E-state index in [1.54, 1.807) is 0 Å². The Balaban J connectivity index is 4.09. The number of hydroxylamine groups is 2. The van der Waals surface area contributed by atoms with Gasteiger partial charge in [0.15, 0.2) is 6.10 Å². The van der Waals surface area contributed by atoms with E-state index in [9.17, 15) is 13.2 Å². The SMILES string of the molecule is CCCCCON(CCCCC)CC(O)C(F)(F)F. The summed E-state index contributed by atoms with van der Waals surface area (Å²) in [4.78, 5) is 5.33. The van der Waals surface area contributed by atoms with Crippen molar-refractivity contribution in [3.05, 3.63) is 0 Å². The van der Waals surface area contributed by atoms with Gasteiger partial charge in [0.2, 0.25) is 0 Å². The second-order valence-corrected chi connectivity index (χ2v) is 4.69. The number of aliphatic hydroxyl groups excluding tert-OH is 1. The standard InChI is InChI=1S/C13H26F3NO2/c1-3-5-7-9-17(19-10-8-6-4-2)11-12(18)13(14,15)16/h12,18H,3-11H2,1-2H3. The summed E-state index contributed by atoms with van der Waals surface area (Å²) in [6, 6.07) is 0. The van der Waals surface area contributed by atoms with Crippen LogP contribution in [0.2, 0.25) is 0 Å². The van der Waals surface area contributed by atoms with E-state index in [2.05, 4.69) is 0 Å². The van der Waals surface area contributed by atoms with Crippen LogP contribution in [0, 0.1) is 0 Å². The van der Waals surface area contributed by atoms with Gasteiger partial charge in [-0.15, -0.1) is 0 Å². The number of aliphatic hydroxyl groups is 1. The van der Waals surface area contributed by atoms with Crippen LogP contribution in [0.25, 0.3) is 0 Å². The van der Waals surface area contributed by atoms with Crippen molar-refractivity contribution >= 4 is 0 Å². The van der Waals surface area contributed by atoms with E-state index in [1.807, 2.05) is 13.8 Å². The molecule has 0 saturated heterocycles. The lowest BCUT2D eigenvalue weighted by molar-refractivity contribution is -0.242. The van der Waals surface area contributed by atoms with Gasteiger partial charge in [0.1, 0.15) is 0 Å². The average Bonchev–Trinajstić information content (AvgIpc) is 2.33. The number of nitrogens with zero attached hydrogens (tertiary/aromatic N) is 1. The maximum atomic E-state index is 12.3. The highest BCUT2D eigenvalue weighted by Gasteiger charge is 2.39. The second-order valence-electron chi connectivity index (χ2n) is 4.69. The summed E-state index contributed by atoms with van der Waals surface area (Å²) in [6.45, 7) is 4.39. The quantitative estimate of drug-likeness (QED) is 0.465. The Hall–Kier alpha value is -0.330. The zero-order valence-corrected chi connectivity index (χ0v) is 11.9. The zero-order chi connectivity index (χ0) is 14.7. The van der Waals surface area contributed by atoms with E-state index in [4.69, 9.17) is 9.94 Å². The molecular weight excluding hydrogens is 259 g/mol. The third kappa shape index (κ3) is 10.2. The predicted molar refractivity (Wildman–Crippen MR) is 68.6 cm³/mol. The summed E-state index contributed by atoms with van der Waals surface area (Å²) in [7, 11) is 0. The largest absolute Gasteiger partial charge is 0.415 e. The summed E-state index contributed by atoms with van der Waals surface area (Å²) in [6.07, 6.45) is -1.38. The Morgan fingerprint density at radius 2 is 1.63 bits per heavy atom. The molecule has 0 bridgehead atoms. The van der Waals surface area contributed by atoms with E-state index in [-0.39, 0.29) is 0 Å². The van der Waals surface area contributed by atoms with Crippen LogP contribution in [0.3, 0.4) is 0 Å². The maximum Gasteiger partial charge on any atom is 0.415 e. The molecule has 19 heavy (non-hydrogen) atoms. The van der Waals surface area contributed by atoms with Crippen molar-refractivity contribution in [3.8, 4) is 0 Å². The number of unbranched alkanes of at least 4 members (excludes halogenated alkanes) is 4. The van der Waals surface area contributed by atoms with E-state index < -0.39 is 18.8 Å². The molecule has 116 valence electrons. The Bertz CT molecular complexity index is 213. The van der Waals surface area contributed by atoms with Crippen LogP contribution >= 0.6 is 0 Å². The minimum atomic E-state index is -4.59. The molecule has 0 aliphatic heterocycles. The molecule has 0 radical (unpaired) electrons. The van der Waals surface area contributed by atoms with Gasteiger partial charge in [-0.2, -0.15) is 18.2 Å². The monoisotopic (exact) mass is 285 g/mol. The van der Waals surface area contributed by atoms with Crippen LogP contribution in [0.15, 0.2) is 0 Å². The van der Waals surface area contributed by atoms with Gasteiger partial charge in [0, 0.05) is 6.54 Å². The number of hydrogen-bond donors (Lipinski definition) is 1. The minimum Gasteiger partial charge on any atom is -0.382 e. The Kier molecular flexibility index (Phi) is 10.3. The molecule has 0 aromatic heterocycles. The first-order chi connectivity index (χ1) is 8.91. The van der Waals surface area contributed by atoms with Gasteiger partial charge in [-0.1, -0.05) is 39.5 Å². The first-order valence-electron chi connectivity index (χ1n) is 7.04. The number of alkyl halides is 3. The second kappa shape index (κ2) is 10.5. The lowest BCUT2D eigenvalue weighted by Crippen LogP contribution is -2.41. The van der Waals surface area contributed by atoms with Gasteiger partial charge in [-0.25, -0.2) is 0 Å². The smallest absolute Gasteiger partial charge is 0.382 e. The van der Waals surface area contributed by atoms with Crippen LogP contribution in [0.1, 0.15) is 52.4 Å². The fourth-order valence-corrected chi connectivity index (χ4v) is 1.59. The topological polar surface area (TPSA) is 32.7 Å². The van der Waals surface area contributed by atoms with Crippen LogP contribution < -0.4 is 0 Å². The molecule has 3 nitrogen and oxygen atoms in total. The first kappa shape index (κ1) is 18.7. The van der Waals surface area contributed by atoms with Gasteiger partial charge in [0.25, 0.3) is 0 Å². The molecule has 1 atom stereocenters. The molecule has 0 aliphatic carbocycles. The fourth-order valence-electron chi connectivity index (χ4n) is 1.59. The van der Waals surface area contributed by atoms with Crippen LogP contribution in [0.4, 0.5) is 13.2 Å². The Labute approximate surface area is 113 Å². The van der Waals surface area contributed by atoms with Crippen LogP contribution in [0.5, 0.6) is 0 Å². The van der Waals surface area contributed by atoms with Crippen LogP contribution in [-0.2, 0) is 4.84 Å². The third-order valence-electron chi connectivity index (χ3n) is 2.79. The molecule has 0 aromatic carbocycles. The molecule has 0 fully saturated rings. The summed E-state index contributed by atoms with van der Waals surface area (Å²) < 4.78 is 36.9. The van der Waals surface area contributed by atoms with Gasteiger partial charge in [0.05, 0.1) is 13.2 Å². The van der Waals surface area contributed by atoms with E-state index >= 15 is 0 Å².